The van der Waals surface area contributed by atoms with Gasteiger partial charge in [0.1, 0.15) is 5.69 Å². The van der Waals surface area contributed by atoms with Crippen molar-refractivity contribution in [3.63, 3.8) is 0 Å². The van der Waals surface area contributed by atoms with Crippen LogP contribution in [-0.4, -0.2) is 21.9 Å². The molecular formula is C17H11NO3S. The van der Waals surface area contributed by atoms with Crippen LogP contribution >= 0.6 is 11.3 Å². The molecule has 0 aliphatic heterocycles. The lowest BCUT2D eigenvalue weighted by atomic mass is 10.1. The molecule has 4 rings (SSSR count). The number of aromatic nitrogens is 1. The van der Waals surface area contributed by atoms with Crippen molar-refractivity contribution in [1.29, 1.82) is 0 Å². The molecule has 2 aromatic heterocycles. The van der Waals surface area contributed by atoms with Crippen molar-refractivity contribution in [1.82, 2.24) is 4.57 Å². The van der Waals surface area contributed by atoms with Gasteiger partial charge in [-0.3, -0.25) is 4.79 Å². The van der Waals surface area contributed by atoms with Crippen molar-refractivity contribution in [3.05, 3.63) is 47.7 Å². The Morgan fingerprint density at radius 3 is 2.64 bits per heavy atom. The molecule has 0 amide bonds. The normalized spacial score (nSPS) is 11.5. The van der Waals surface area contributed by atoms with Crippen LogP contribution in [0.3, 0.4) is 0 Å². The maximum Gasteiger partial charge on any atom is 0.353 e. The average Bonchev–Trinajstić information content (AvgIpc) is 3.02. The molecule has 1 N–H and O–H groups in total. The predicted octanol–water partition coefficient (Wildman–Crippen LogP) is 4.06. The van der Waals surface area contributed by atoms with E-state index in [0.717, 1.165) is 25.7 Å². The highest BCUT2D eigenvalue weighted by Crippen LogP contribution is 2.40. The van der Waals surface area contributed by atoms with Crippen LogP contribution in [0.2, 0.25) is 0 Å². The Morgan fingerprint density at radius 1 is 1.14 bits per heavy atom. The summed E-state index contributed by atoms with van der Waals surface area (Å²) in [6, 6.07) is 11.8. The second kappa shape index (κ2) is 4.42. The Balaban J connectivity index is 2.34. The zero-order chi connectivity index (χ0) is 15.4. The lowest BCUT2D eigenvalue weighted by molar-refractivity contribution is 0.0684. The number of hydrogen-bond donors (Lipinski definition) is 1. The summed E-state index contributed by atoms with van der Waals surface area (Å²) in [5.74, 6) is -1.09. The summed E-state index contributed by atoms with van der Waals surface area (Å²) < 4.78 is 3.85. The molecule has 0 aliphatic rings. The van der Waals surface area contributed by atoms with Gasteiger partial charge in [-0.1, -0.05) is 24.3 Å². The first kappa shape index (κ1) is 13.0. The van der Waals surface area contributed by atoms with Gasteiger partial charge in [0.15, 0.2) is 6.29 Å². The molecule has 0 fully saturated rings. The largest absolute Gasteiger partial charge is 0.477 e. The third-order valence-corrected chi connectivity index (χ3v) is 5.19. The summed E-state index contributed by atoms with van der Waals surface area (Å²) in [4.78, 5) is 23.0. The first-order valence-corrected chi connectivity index (χ1v) is 7.56. The molecule has 0 bridgehead atoms. The predicted molar refractivity (Wildman–Crippen MR) is 88.2 cm³/mol. The Morgan fingerprint density at radius 2 is 1.91 bits per heavy atom. The van der Waals surface area contributed by atoms with Crippen molar-refractivity contribution < 1.29 is 14.7 Å². The van der Waals surface area contributed by atoms with Crippen LogP contribution < -0.4 is 0 Å². The van der Waals surface area contributed by atoms with Crippen LogP contribution in [0.25, 0.3) is 31.1 Å². The first-order valence-electron chi connectivity index (χ1n) is 6.74. The molecule has 5 heteroatoms. The highest BCUT2D eigenvalue weighted by Gasteiger charge is 2.22. The number of carboxylic acids is 1. The van der Waals surface area contributed by atoms with E-state index in [-0.39, 0.29) is 11.3 Å². The molecule has 0 atom stereocenters. The smallest absolute Gasteiger partial charge is 0.353 e. The van der Waals surface area contributed by atoms with Gasteiger partial charge in [-0.05, 0) is 12.1 Å². The van der Waals surface area contributed by atoms with Crippen LogP contribution in [0.1, 0.15) is 20.8 Å². The van der Waals surface area contributed by atoms with Gasteiger partial charge >= 0.3 is 5.97 Å². The fourth-order valence-electron chi connectivity index (χ4n) is 3.16. The summed E-state index contributed by atoms with van der Waals surface area (Å²) in [6.45, 7) is 0. The lowest BCUT2D eigenvalue weighted by Gasteiger charge is -2.01. The minimum atomic E-state index is -1.09. The molecule has 4 nitrogen and oxygen atoms in total. The molecule has 0 aliphatic carbocycles. The van der Waals surface area contributed by atoms with Crippen molar-refractivity contribution in [3.8, 4) is 0 Å². The zero-order valence-electron chi connectivity index (χ0n) is 11.7. The Hall–Kier alpha value is -2.66. The van der Waals surface area contributed by atoms with E-state index in [4.69, 9.17) is 0 Å². The highest BCUT2D eigenvalue weighted by molar-refractivity contribution is 7.26. The van der Waals surface area contributed by atoms with Gasteiger partial charge in [-0.2, -0.15) is 0 Å². The molecule has 2 aromatic carbocycles. The van der Waals surface area contributed by atoms with E-state index in [2.05, 4.69) is 0 Å². The number of carbonyl (C=O) groups excluding carboxylic acids is 1. The number of nitrogens with zero attached hydrogens (tertiary/aromatic N) is 1. The SMILES string of the molecule is Cn1c(C(=O)O)c(C=O)c2ccc3sc4ccccc4c3c21. The van der Waals surface area contributed by atoms with Gasteiger partial charge in [0.2, 0.25) is 0 Å². The summed E-state index contributed by atoms with van der Waals surface area (Å²) >= 11 is 1.67. The third-order valence-electron chi connectivity index (χ3n) is 4.05. The second-order valence-corrected chi connectivity index (χ2v) is 6.26. The maximum atomic E-state index is 11.5. The average molecular weight is 309 g/mol. The first-order chi connectivity index (χ1) is 10.6. The van der Waals surface area contributed by atoms with E-state index in [0.29, 0.717) is 11.7 Å². The van der Waals surface area contributed by atoms with Gasteiger partial charge in [0.05, 0.1) is 11.1 Å². The summed E-state index contributed by atoms with van der Waals surface area (Å²) in [5, 5.41) is 12.2. The molecule has 22 heavy (non-hydrogen) atoms. The number of carbonyl (C=O) groups is 2. The monoisotopic (exact) mass is 309 g/mol. The van der Waals surface area contributed by atoms with Gasteiger partial charge in [-0.25, -0.2) is 4.79 Å². The van der Waals surface area contributed by atoms with Gasteiger partial charge in [-0.15, -0.1) is 11.3 Å². The number of aryl methyl sites for hydroxylation is 1. The van der Waals surface area contributed by atoms with E-state index in [1.807, 2.05) is 36.4 Å². The fraction of sp³-hybridized carbons (Fsp3) is 0.0588. The number of carboxylic acid groups (broad SMARTS) is 1. The van der Waals surface area contributed by atoms with E-state index >= 15 is 0 Å². The molecule has 0 unspecified atom stereocenters. The van der Waals surface area contributed by atoms with Crippen molar-refractivity contribution in [2.45, 2.75) is 0 Å². The van der Waals surface area contributed by atoms with E-state index in [1.165, 1.54) is 0 Å². The van der Waals surface area contributed by atoms with Crippen molar-refractivity contribution >= 4 is 54.7 Å². The molecule has 0 saturated heterocycles. The maximum absolute atomic E-state index is 11.5. The number of fused-ring (bicyclic) bond motifs is 5. The van der Waals surface area contributed by atoms with Crippen LogP contribution in [0, 0.1) is 0 Å². The Bertz CT molecular complexity index is 1090. The van der Waals surface area contributed by atoms with E-state index < -0.39 is 5.97 Å². The van der Waals surface area contributed by atoms with Crippen LogP contribution in [0.5, 0.6) is 0 Å². The van der Waals surface area contributed by atoms with Crippen molar-refractivity contribution in [2.75, 3.05) is 0 Å². The van der Waals surface area contributed by atoms with Gasteiger partial charge in [0, 0.05) is 32.6 Å². The molecule has 4 aromatic rings. The lowest BCUT2D eigenvalue weighted by Crippen LogP contribution is -2.06. The summed E-state index contributed by atoms with van der Waals surface area (Å²) in [7, 11) is 1.70. The van der Waals surface area contributed by atoms with E-state index in [1.54, 1.807) is 23.0 Å². The number of aldehydes is 1. The number of benzene rings is 2. The number of thiophene rings is 1. The Labute approximate surface area is 129 Å². The Kier molecular flexibility index (Phi) is 2.62. The summed E-state index contributed by atoms with van der Waals surface area (Å²) in [6.07, 6.45) is 0.631. The van der Waals surface area contributed by atoms with Crippen LogP contribution in [0.4, 0.5) is 0 Å². The molecule has 2 heterocycles. The number of rotatable bonds is 2. The minimum Gasteiger partial charge on any atom is -0.477 e. The van der Waals surface area contributed by atoms with Crippen LogP contribution in [0.15, 0.2) is 36.4 Å². The van der Waals surface area contributed by atoms with Gasteiger partial charge in [0.25, 0.3) is 0 Å². The third kappa shape index (κ3) is 1.51. The fourth-order valence-corrected chi connectivity index (χ4v) is 4.27. The number of hydrogen-bond acceptors (Lipinski definition) is 3. The molecule has 108 valence electrons. The number of aromatic carboxylic acids is 1. The highest BCUT2D eigenvalue weighted by atomic mass is 32.1. The topological polar surface area (TPSA) is 59.3 Å². The van der Waals surface area contributed by atoms with E-state index in [9.17, 15) is 14.7 Å². The molecular weight excluding hydrogens is 298 g/mol. The molecule has 0 radical (unpaired) electrons. The second-order valence-electron chi connectivity index (χ2n) is 5.18. The quantitative estimate of drug-likeness (QED) is 0.568. The standard InChI is InChI=1S/C17H11NO3S/c1-18-15-9(11(8-19)16(18)17(20)21)6-7-13-14(15)10-4-2-3-5-12(10)22-13/h2-8H,1H3,(H,20,21). The minimum absolute atomic E-state index is 0.0350. The van der Waals surface area contributed by atoms with Crippen molar-refractivity contribution in [2.24, 2.45) is 7.05 Å². The molecule has 0 spiro atoms. The van der Waals surface area contributed by atoms with Crippen LogP contribution in [-0.2, 0) is 7.05 Å². The zero-order valence-corrected chi connectivity index (χ0v) is 12.5. The summed E-state index contributed by atoms with van der Waals surface area (Å²) in [5.41, 5.74) is 1.07. The molecule has 0 saturated carbocycles. The van der Waals surface area contributed by atoms with Gasteiger partial charge < -0.3 is 9.67 Å².